The van der Waals surface area contributed by atoms with Crippen molar-refractivity contribution < 1.29 is 4.74 Å². The van der Waals surface area contributed by atoms with Crippen molar-refractivity contribution in [2.45, 2.75) is 25.8 Å². The number of likely N-dealkylation sites (N-methyl/N-ethyl adjacent to an activating group) is 1. The maximum Gasteiger partial charge on any atom is 0.188 e. The van der Waals surface area contributed by atoms with Gasteiger partial charge in [-0.1, -0.05) is 18.5 Å². The van der Waals surface area contributed by atoms with Crippen molar-refractivity contribution >= 4 is 17.6 Å². The highest BCUT2D eigenvalue weighted by Crippen LogP contribution is 2.16. The summed E-state index contributed by atoms with van der Waals surface area (Å²) in [5, 5.41) is 3.78. The van der Waals surface area contributed by atoms with Crippen molar-refractivity contribution in [3.05, 3.63) is 29.3 Å². The van der Waals surface area contributed by atoms with E-state index in [1.165, 1.54) is 19.4 Å². The zero-order valence-electron chi connectivity index (χ0n) is 13.1. The molecular formula is C16H25ClN4O. The number of benzene rings is 1. The molecule has 1 aliphatic heterocycles. The third kappa shape index (κ3) is 5.39. The number of nitrogens with two attached hydrogens (primary N) is 1. The van der Waals surface area contributed by atoms with Gasteiger partial charge >= 0.3 is 0 Å². The van der Waals surface area contributed by atoms with Crippen LogP contribution in [-0.4, -0.2) is 49.7 Å². The molecule has 1 aliphatic rings. The minimum Gasteiger partial charge on any atom is -0.492 e. The molecule has 0 saturated carbocycles. The van der Waals surface area contributed by atoms with Crippen LogP contribution in [0.5, 0.6) is 5.75 Å². The summed E-state index contributed by atoms with van der Waals surface area (Å²) in [6.45, 7) is 6.38. The van der Waals surface area contributed by atoms with E-state index in [4.69, 9.17) is 22.1 Å². The predicted octanol–water partition coefficient (Wildman–Crippen LogP) is 2.11. The third-order valence-electron chi connectivity index (χ3n) is 3.87. The first kappa shape index (κ1) is 16.9. The summed E-state index contributed by atoms with van der Waals surface area (Å²) in [5.74, 6) is 1.29. The van der Waals surface area contributed by atoms with Crippen molar-refractivity contribution in [1.29, 1.82) is 0 Å². The molecule has 1 saturated heterocycles. The Balaban J connectivity index is 1.63. The Bertz CT molecular complexity index is 478. The summed E-state index contributed by atoms with van der Waals surface area (Å²) in [7, 11) is 0. The topological polar surface area (TPSA) is 62.9 Å². The van der Waals surface area contributed by atoms with Crippen LogP contribution in [0.15, 0.2) is 29.3 Å². The number of nitrogens with one attached hydrogen (secondary N) is 1. The molecule has 1 aromatic rings. The van der Waals surface area contributed by atoms with E-state index in [9.17, 15) is 0 Å². The van der Waals surface area contributed by atoms with Crippen LogP contribution in [0.1, 0.15) is 19.8 Å². The molecule has 1 heterocycles. The molecule has 1 unspecified atom stereocenters. The second kappa shape index (κ2) is 8.86. The van der Waals surface area contributed by atoms with Crippen LogP contribution < -0.4 is 15.8 Å². The first-order valence-electron chi connectivity index (χ1n) is 7.85. The number of nitrogens with zero attached hydrogens (tertiary/aromatic N) is 2. The van der Waals surface area contributed by atoms with Crippen LogP contribution in [-0.2, 0) is 0 Å². The van der Waals surface area contributed by atoms with Crippen molar-refractivity contribution in [3.8, 4) is 5.75 Å². The van der Waals surface area contributed by atoms with Gasteiger partial charge in [-0.25, -0.2) is 0 Å². The molecule has 0 bridgehead atoms. The first-order valence-corrected chi connectivity index (χ1v) is 8.23. The van der Waals surface area contributed by atoms with Crippen LogP contribution >= 0.6 is 11.6 Å². The number of halogens is 1. The minimum absolute atomic E-state index is 0.489. The molecule has 1 fully saturated rings. The lowest BCUT2D eigenvalue weighted by Crippen LogP contribution is -2.37. The van der Waals surface area contributed by atoms with Crippen molar-refractivity contribution in [3.63, 3.8) is 0 Å². The number of rotatable bonds is 7. The average molecular weight is 325 g/mol. The molecule has 2 rings (SSSR count). The fourth-order valence-corrected chi connectivity index (χ4v) is 2.78. The number of ether oxygens (including phenoxy) is 1. The number of aliphatic imine (C=N–C) groups is 1. The van der Waals surface area contributed by atoms with Crippen LogP contribution in [0, 0.1) is 0 Å². The standard InChI is InChI=1S/C16H25ClN4O/c1-2-21-10-3-4-14(21)12-20-16(18)19-9-11-22-15-7-5-13(17)6-8-15/h5-8,14H,2-4,9-12H2,1H3,(H3,18,19,20). The van der Waals surface area contributed by atoms with Gasteiger partial charge in [-0.15, -0.1) is 0 Å². The monoisotopic (exact) mass is 324 g/mol. The maximum atomic E-state index is 5.89. The second-order valence-electron chi connectivity index (χ2n) is 5.38. The van der Waals surface area contributed by atoms with E-state index < -0.39 is 0 Å². The summed E-state index contributed by atoms with van der Waals surface area (Å²) in [4.78, 5) is 6.89. The molecule has 0 aliphatic carbocycles. The number of hydrogen-bond acceptors (Lipinski definition) is 3. The molecule has 5 nitrogen and oxygen atoms in total. The summed E-state index contributed by atoms with van der Waals surface area (Å²) < 4.78 is 5.58. The average Bonchev–Trinajstić information content (AvgIpc) is 2.99. The van der Waals surface area contributed by atoms with Gasteiger partial charge in [-0.05, 0) is 50.2 Å². The van der Waals surface area contributed by atoms with Gasteiger partial charge in [0.25, 0.3) is 0 Å². The lowest BCUT2D eigenvalue weighted by atomic mass is 10.2. The fourth-order valence-electron chi connectivity index (χ4n) is 2.66. The first-order chi connectivity index (χ1) is 10.7. The van der Waals surface area contributed by atoms with E-state index in [-0.39, 0.29) is 0 Å². The number of likely N-dealkylation sites (tertiary alicyclic amines) is 1. The lowest BCUT2D eigenvalue weighted by molar-refractivity contribution is 0.273. The lowest BCUT2D eigenvalue weighted by Gasteiger charge is -2.20. The Labute approximate surface area is 137 Å². The third-order valence-corrected chi connectivity index (χ3v) is 4.12. The summed E-state index contributed by atoms with van der Waals surface area (Å²) in [6, 6.07) is 7.84. The SMILES string of the molecule is CCN1CCCC1CN=C(N)NCCOc1ccc(Cl)cc1. The van der Waals surface area contributed by atoms with E-state index in [1.54, 1.807) is 12.1 Å². The van der Waals surface area contributed by atoms with Gasteiger partial charge in [-0.3, -0.25) is 9.89 Å². The van der Waals surface area contributed by atoms with E-state index in [0.717, 1.165) is 18.8 Å². The van der Waals surface area contributed by atoms with Gasteiger partial charge < -0.3 is 15.8 Å². The molecule has 3 N–H and O–H groups in total. The van der Waals surface area contributed by atoms with Gasteiger partial charge in [-0.2, -0.15) is 0 Å². The highest BCUT2D eigenvalue weighted by Gasteiger charge is 2.22. The van der Waals surface area contributed by atoms with Gasteiger partial charge in [0.05, 0.1) is 13.1 Å². The second-order valence-corrected chi connectivity index (χ2v) is 5.82. The fraction of sp³-hybridized carbons (Fsp3) is 0.562. The van der Waals surface area contributed by atoms with Crippen LogP contribution in [0.3, 0.4) is 0 Å². The highest BCUT2D eigenvalue weighted by atomic mass is 35.5. The van der Waals surface area contributed by atoms with E-state index >= 15 is 0 Å². The maximum absolute atomic E-state index is 5.89. The van der Waals surface area contributed by atoms with Gasteiger partial charge in [0.2, 0.25) is 0 Å². The Kier molecular flexibility index (Phi) is 6.80. The Morgan fingerprint density at radius 2 is 2.23 bits per heavy atom. The summed E-state index contributed by atoms with van der Waals surface area (Å²) >= 11 is 5.82. The van der Waals surface area contributed by atoms with Crippen LogP contribution in [0.25, 0.3) is 0 Å². The quantitative estimate of drug-likeness (QED) is 0.458. The van der Waals surface area contributed by atoms with Gasteiger partial charge in [0.15, 0.2) is 5.96 Å². The molecule has 22 heavy (non-hydrogen) atoms. The summed E-state index contributed by atoms with van der Waals surface area (Å²) in [5.41, 5.74) is 5.89. The van der Waals surface area contributed by atoms with Crippen LogP contribution in [0.2, 0.25) is 5.02 Å². The highest BCUT2D eigenvalue weighted by molar-refractivity contribution is 6.30. The molecule has 1 aromatic carbocycles. The summed E-state index contributed by atoms with van der Waals surface area (Å²) in [6.07, 6.45) is 2.47. The zero-order chi connectivity index (χ0) is 15.8. The molecule has 0 aromatic heterocycles. The Morgan fingerprint density at radius 1 is 1.45 bits per heavy atom. The van der Waals surface area contributed by atoms with E-state index in [2.05, 4.69) is 22.1 Å². The van der Waals surface area contributed by atoms with Crippen molar-refractivity contribution in [2.24, 2.45) is 10.7 Å². The van der Waals surface area contributed by atoms with E-state index in [0.29, 0.717) is 30.2 Å². The predicted molar refractivity (Wildman–Crippen MR) is 91.7 cm³/mol. The molecule has 122 valence electrons. The molecular weight excluding hydrogens is 300 g/mol. The normalized spacial score (nSPS) is 19.4. The number of guanidine groups is 1. The van der Waals surface area contributed by atoms with E-state index in [1.807, 2.05) is 12.1 Å². The largest absolute Gasteiger partial charge is 0.492 e. The molecule has 0 radical (unpaired) electrons. The minimum atomic E-state index is 0.489. The smallest absolute Gasteiger partial charge is 0.188 e. The van der Waals surface area contributed by atoms with Crippen LogP contribution in [0.4, 0.5) is 0 Å². The zero-order valence-corrected chi connectivity index (χ0v) is 13.9. The molecule has 1 atom stereocenters. The van der Waals surface area contributed by atoms with Gasteiger partial charge in [0, 0.05) is 11.1 Å². The Hall–Kier alpha value is -1.46. The Morgan fingerprint density at radius 3 is 2.95 bits per heavy atom. The molecule has 0 amide bonds. The molecule has 6 heteroatoms. The number of hydrogen-bond donors (Lipinski definition) is 2. The van der Waals surface area contributed by atoms with Crippen molar-refractivity contribution in [2.75, 3.05) is 32.8 Å². The molecule has 0 spiro atoms. The van der Waals surface area contributed by atoms with Gasteiger partial charge in [0.1, 0.15) is 12.4 Å². The van der Waals surface area contributed by atoms with Crippen molar-refractivity contribution in [1.82, 2.24) is 10.2 Å².